The van der Waals surface area contributed by atoms with Crippen molar-refractivity contribution in [3.05, 3.63) is 38.9 Å². The van der Waals surface area contributed by atoms with Crippen molar-refractivity contribution in [2.45, 2.75) is 19.3 Å². The number of benzene rings is 1. The first-order valence-corrected chi connectivity index (χ1v) is 7.75. The molecule has 0 saturated carbocycles. The van der Waals surface area contributed by atoms with Gasteiger partial charge in [0.15, 0.2) is 11.7 Å². The average Bonchev–Trinajstić information content (AvgIpc) is 2.56. The van der Waals surface area contributed by atoms with Gasteiger partial charge in [0.2, 0.25) is 0 Å². The molecule has 1 fully saturated rings. The van der Waals surface area contributed by atoms with Gasteiger partial charge >= 0.3 is 0 Å². The molecule has 0 bridgehead atoms. The first-order chi connectivity index (χ1) is 11.4. The summed E-state index contributed by atoms with van der Waals surface area (Å²) in [5, 5.41) is 22.0. The molecule has 0 aliphatic carbocycles. The summed E-state index contributed by atoms with van der Waals surface area (Å²) in [5.41, 5.74) is 1.69. The van der Waals surface area contributed by atoms with Gasteiger partial charge in [-0.15, -0.1) is 0 Å². The molecule has 8 nitrogen and oxygen atoms in total. The average molecular weight is 351 g/mol. The minimum Gasteiger partial charge on any atom is -0.292 e. The van der Waals surface area contributed by atoms with Crippen LogP contribution in [0.25, 0.3) is 0 Å². The number of Topliss-reactive ketones (excluding diaryl/α,β-unsaturated/α-hetero) is 1. The van der Waals surface area contributed by atoms with E-state index in [1.165, 1.54) is 6.07 Å². The number of hydrazine groups is 1. The van der Waals surface area contributed by atoms with Crippen molar-refractivity contribution in [3.8, 4) is 6.07 Å². The zero-order valence-corrected chi connectivity index (χ0v) is 13.5. The molecule has 1 aliphatic rings. The molecule has 1 aliphatic heterocycles. The SMILES string of the molecule is N#CC(C(=O)NN1CCCCC1)C(=O)c1ccc(Cl)cc1[N+](=O)[O-]. The largest absolute Gasteiger partial charge is 0.292 e. The fourth-order valence-corrected chi connectivity index (χ4v) is 2.65. The Hall–Kier alpha value is -2.50. The van der Waals surface area contributed by atoms with Gasteiger partial charge < -0.3 is 0 Å². The first kappa shape index (κ1) is 17.8. The fraction of sp³-hybridized carbons (Fsp3) is 0.400. The third kappa shape index (κ3) is 4.07. The van der Waals surface area contributed by atoms with Crippen LogP contribution in [-0.4, -0.2) is 34.7 Å². The summed E-state index contributed by atoms with van der Waals surface area (Å²) < 4.78 is 0. The van der Waals surface area contributed by atoms with Gasteiger partial charge in [-0.2, -0.15) is 5.26 Å². The Morgan fingerprint density at radius 1 is 1.33 bits per heavy atom. The normalized spacial score (nSPS) is 16.0. The van der Waals surface area contributed by atoms with Crippen molar-refractivity contribution in [1.82, 2.24) is 10.4 Å². The van der Waals surface area contributed by atoms with Gasteiger partial charge in [0.1, 0.15) is 0 Å². The van der Waals surface area contributed by atoms with Crippen molar-refractivity contribution in [3.63, 3.8) is 0 Å². The molecule has 1 heterocycles. The molecule has 0 spiro atoms. The molecule has 0 aromatic heterocycles. The highest BCUT2D eigenvalue weighted by Crippen LogP contribution is 2.25. The van der Waals surface area contributed by atoms with E-state index < -0.39 is 28.2 Å². The van der Waals surface area contributed by atoms with Crippen molar-refractivity contribution in [2.24, 2.45) is 5.92 Å². The molecule has 126 valence electrons. The Bertz CT molecular complexity index is 710. The monoisotopic (exact) mass is 350 g/mol. The van der Waals surface area contributed by atoms with Crippen LogP contribution >= 0.6 is 11.6 Å². The standard InChI is InChI=1S/C15H15ClN4O4/c16-10-4-5-11(13(8-10)20(23)24)14(21)12(9-17)15(22)18-19-6-2-1-3-7-19/h4-5,8,12H,1-3,6-7H2,(H,18,22). The van der Waals surface area contributed by atoms with Crippen molar-refractivity contribution >= 4 is 29.0 Å². The van der Waals surface area contributed by atoms with Crippen LogP contribution in [0.2, 0.25) is 5.02 Å². The molecule has 1 atom stereocenters. The maximum Gasteiger partial charge on any atom is 0.281 e. The number of nitrogens with zero attached hydrogens (tertiary/aromatic N) is 3. The Labute approximate surface area is 143 Å². The zero-order valence-electron chi connectivity index (χ0n) is 12.7. The molecule has 2 rings (SSSR count). The molecule has 1 amide bonds. The molecule has 1 saturated heterocycles. The van der Waals surface area contributed by atoms with Crippen LogP contribution in [0.4, 0.5) is 5.69 Å². The van der Waals surface area contributed by atoms with E-state index >= 15 is 0 Å². The minimum absolute atomic E-state index is 0.0875. The van der Waals surface area contributed by atoms with Crippen LogP contribution in [0.3, 0.4) is 0 Å². The van der Waals surface area contributed by atoms with E-state index in [2.05, 4.69) is 5.43 Å². The van der Waals surface area contributed by atoms with Crippen LogP contribution in [0, 0.1) is 27.4 Å². The topological polar surface area (TPSA) is 116 Å². The number of nitrogens with one attached hydrogen (secondary N) is 1. The highest BCUT2D eigenvalue weighted by atomic mass is 35.5. The summed E-state index contributed by atoms with van der Waals surface area (Å²) in [7, 11) is 0. The van der Waals surface area contributed by atoms with Gasteiger partial charge in [-0.3, -0.25) is 25.1 Å². The highest BCUT2D eigenvalue weighted by molar-refractivity contribution is 6.31. The maximum atomic E-state index is 12.4. The molecule has 1 unspecified atom stereocenters. The lowest BCUT2D eigenvalue weighted by molar-refractivity contribution is -0.385. The van der Waals surface area contributed by atoms with Crippen molar-refractivity contribution in [1.29, 1.82) is 5.26 Å². The number of ketones is 1. The number of hydrogen-bond donors (Lipinski definition) is 1. The molecular weight excluding hydrogens is 336 g/mol. The van der Waals surface area contributed by atoms with E-state index in [4.69, 9.17) is 11.6 Å². The lowest BCUT2D eigenvalue weighted by Crippen LogP contribution is -2.48. The molecule has 1 aromatic carbocycles. The Morgan fingerprint density at radius 2 is 2.00 bits per heavy atom. The van der Waals surface area contributed by atoms with Gasteiger partial charge in [0.05, 0.1) is 16.6 Å². The third-order valence-corrected chi connectivity index (χ3v) is 3.93. The van der Waals surface area contributed by atoms with Crippen LogP contribution < -0.4 is 5.43 Å². The van der Waals surface area contributed by atoms with Gasteiger partial charge in [0.25, 0.3) is 11.6 Å². The van der Waals surface area contributed by atoms with Crippen molar-refractivity contribution < 1.29 is 14.5 Å². The highest BCUT2D eigenvalue weighted by Gasteiger charge is 2.33. The maximum absolute atomic E-state index is 12.4. The van der Waals surface area contributed by atoms with Crippen molar-refractivity contribution in [2.75, 3.05) is 13.1 Å². The Morgan fingerprint density at radius 3 is 2.58 bits per heavy atom. The predicted octanol–water partition coefficient (Wildman–Crippen LogP) is 2.09. The van der Waals surface area contributed by atoms with Gasteiger partial charge in [-0.25, -0.2) is 5.01 Å². The molecule has 24 heavy (non-hydrogen) atoms. The Balaban J connectivity index is 2.21. The van der Waals surface area contributed by atoms with E-state index in [1.54, 1.807) is 11.1 Å². The van der Waals surface area contributed by atoms with Crippen LogP contribution in [0.5, 0.6) is 0 Å². The molecule has 1 aromatic rings. The lowest BCUT2D eigenvalue weighted by Gasteiger charge is -2.27. The second kappa shape index (κ2) is 7.86. The first-order valence-electron chi connectivity index (χ1n) is 7.37. The summed E-state index contributed by atoms with van der Waals surface area (Å²) in [5.74, 6) is -3.36. The number of carbonyl (C=O) groups excluding carboxylic acids is 2. The molecule has 1 N–H and O–H groups in total. The molecular formula is C15H15ClN4O4. The fourth-order valence-electron chi connectivity index (χ4n) is 2.48. The predicted molar refractivity (Wildman–Crippen MR) is 85.1 cm³/mol. The minimum atomic E-state index is -1.66. The summed E-state index contributed by atoms with van der Waals surface area (Å²) in [6.45, 7) is 1.28. The Kier molecular flexibility index (Phi) is 5.84. The van der Waals surface area contributed by atoms with E-state index in [0.717, 1.165) is 31.4 Å². The number of carbonyl (C=O) groups is 2. The third-order valence-electron chi connectivity index (χ3n) is 3.70. The number of hydrogen-bond acceptors (Lipinski definition) is 6. The second-order valence-corrected chi connectivity index (χ2v) is 5.81. The number of nitro groups is 1. The van der Waals surface area contributed by atoms with E-state index in [0.29, 0.717) is 13.1 Å². The van der Waals surface area contributed by atoms with Gasteiger partial charge in [-0.1, -0.05) is 18.0 Å². The quantitative estimate of drug-likeness (QED) is 0.376. The number of amides is 1. The van der Waals surface area contributed by atoms with Crippen LogP contribution in [-0.2, 0) is 4.79 Å². The van der Waals surface area contributed by atoms with Gasteiger partial charge in [0, 0.05) is 24.2 Å². The summed E-state index contributed by atoms with van der Waals surface area (Å²) in [6, 6.07) is 5.10. The number of nitriles is 1. The lowest BCUT2D eigenvalue weighted by atomic mass is 9.97. The zero-order chi connectivity index (χ0) is 17.7. The number of piperidine rings is 1. The van der Waals surface area contributed by atoms with E-state index in [1.807, 2.05) is 0 Å². The molecule has 9 heteroatoms. The number of halogens is 1. The van der Waals surface area contributed by atoms with Gasteiger partial charge in [-0.05, 0) is 25.0 Å². The smallest absolute Gasteiger partial charge is 0.281 e. The summed E-state index contributed by atoms with van der Waals surface area (Å²) >= 11 is 5.70. The second-order valence-electron chi connectivity index (χ2n) is 5.37. The molecule has 0 radical (unpaired) electrons. The van der Waals surface area contributed by atoms with Crippen LogP contribution in [0.1, 0.15) is 29.6 Å². The summed E-state index contributed by atoms with van der Waals surface area (Å²) in [4.78, 5) is 35.0. The number of nitro benzene ring substituents is 1. The van der Waals surface area contributed by atoms with Crippen LogP contribution in [0.15, 0.2) is 18.2 Å². The van der Waals surface area contributed by atoms with E-state index in [9.17, 15) is 25.0 Å². The number of rotatable bonds is 5. The van der Waals surface area contributed by atoms with E-state index in [-0.39, 0.29) is 10.6 Å². The summed E-state index contributed by atoms with van der Waals surface area (Å²) in [6.07, 6.45) is 2.88.